The van der Waals surface area contributed by atoms with Crippen LogP contribution in [0.25, 0.3) is 0 Å². The van der Waals surface area contributed by atoms with E-state index in [-0.39, 0.29) is 18.3 Å². The summed E-state index contributed by atoms with van der Waals surface area (Å²) in [6, 6.07) is 0.701. The monoisotopic (exact) mass is 372 g/mol. The number of aromatic nitrogens is 2. The summed E-state index contributed by atoms with van der Waals surface area (Å²) >= 11 is 1.13. The lowest BCUT2D eigenvalue weighted by molar-refractivity contribution is -0.146. The molecule has 2 heterocycles. The van der Waals surface area contributed by atoms with Crippen LogP contribution in [0.4, 0.5) is 5.82 Å². The molecule has 1 saturated heterocycles. The van der Waals surface area contributed by atoms with Gasteiger partial charge in [-0.2, -0.15) is 4.98 Å². The van der Waals surface area contributed by atoms with Gasteiger partial charge in [0.1, 0.15) is 29.9 Å². The zero-order valence-electron chi connectivity index (χ0n) is 14.1. The maximum Gasteiger partial charge on any atom is 0.350 e. The first-order valence-electron chi connectivity index (χ1n) is 7.99. The number of nitrogen functional groups attached to an aromatic ring is 1. The maximum absolute atomic E-state index is 11.9. The minimum Gasteiger partial charge on any atom is -0.463 e. The van der Waals surface area contributed by atoms with Crippen molar-refractivity contribution in [1.82, 2.24) is 9.55 Å². The number of rotatable bonds is 6. The second-order valence-electron chi connectivity index (χ2n) is 6.45. The largest absolute Gasteiger partial charge is 0.463 e. The van der Waals surface area contributed by atoms with Gasteiger partial charge in [0, 0.05) is 6.20 Å². The van der Waals surface area contributed by atoms with Gasteiger partial charge in [-0.3, -0.25) is 9.36 Å². The molecule has 0 aliphatic carbocycles. The molecule has 0 radical (unpaired) electrons. The molecule has 2 unspecified atom stereocenters. The van der Waals surface area contributed by atoms with E-state index in [0.717, 1.165) is 11.8 Å². The number of carbonyl (C=O) groups excluding carboxylic acids is 1. The summed E-state index contributed by atoms with van der Waals surface area (Å²) in [6.45, 7) is 3.79. The Morgan fingerprint density at radius 2 is 2.12 bits per heavy atom. The van der Waals surface area contributed by atoms with Crippen molar-refractivity contribution in [1.29, 1.82) is 0 Å². The minimum atomic E-state index is -1.21. The zero-order chi connectivity index (χ0) is 18.7. The van der Waals surface area contributed by atoms with Crippen molar-refractivity contribution in [2.24, 2.45) is 11.7 Å². The van der Waals surface area contributed by atoms with Gasteiger partial charge < -0.3 is 26.4 Å². The number of thioether (sulfide) groups is 1. The molecule has 0 amide bonds. The Morgan fingerprint density at radius 3 is 2.72 bits per heavy atom. The summed E-state index contributed by atoms with van der Waals surface area (Å²) < 4.78 is 6.36. The van der Waals surface area contributed by atoms with Crippen LogP contribution in [0, 0.1) is 5.92 Å². The van der Waals surface area contributed by atoms with E-state index in [2.05, 4.69) is 4.98 Å². The molecule has 0 saturated carbocycles. The average molecular weight is 372 g/mol. The van der Waals surface area contributed by atoms with Gasteiger partial charge in [0.05, 0.1) is 11.4 Å². The second kappa shape index (κ2) is 8.17. The number of esters is 1. The summed E-state index contributed by atoms with van der Waals surface area (Å²) in [5.41, 5.74) is 10.6. The van der Waals surface area contributed by atoms with E-state index < -0.39 is 40.5 Å². The molecular formula is C15H24N4O5S. The van der Waals surface area contributed by atoms with Crippen molar-refractivity contribution in [3.8, 4) is 0 Å². The third kappa shape index (κ3) is 4.72. The molecule has 6 N–H and O–H groups in total. The number of ether oxygens (including phenoxy) is 1. The molecule has 0 bridgehead atoms. The Kier molecular flexibility index (Phi) is 6.44. The maximum atomic E-state index is 11.9. The lowest BCUT2D eigenvalue weighted by Gasteiger charge is -2.17. The number of carbonyl (C=O) groups is 1. The predicted molar refractivity (Wildman–Crippen MR) is 93.7 cm³/mol. The molecule has 0 spiro atoms. The van der Waals surface area contributed by atoms with Crippen LogP contribution in [0.5, 0.6) is 0 Å². The topological polar surface area (TPSA) is 154 Å². The summed E-state index contributed by atoms with van der Waals surface area (Å²) in [5.74, 6) is -0.222. The van der Waals surface area contributed by atoms with Crippen molar-refractivity contribution in [2.75, 3.05) is 12.3 Å². The molecule has 25 heavy (non-hydrogen) atoms. The molecule has 140 valence electrons. The quantitative estimate of drug-likeness (QED) is 0.464. The average Bonchev–Trinajstić information content (AvgIpc) is 2.80. The van der Waals surface area contributed by atoms with Gasteiger partial charge in [-0.05, 0) is 18.4 Å². The van der Waals surface area contributed by atoms with Crippen molar-refractivity contribution in [3.05, 3.63) is 22.7 Å². The van der Waals surface area contributed by atoms with Crippen molar-refractivity contribution < 1.29 is 19.7 Å². The molecule has 1 aromatic rings. The highest BCUT2D eigenvalue weighted by Crippen LogP contribution is 2.41. The van der Waals surface area contributed by atoms with Gasteiger partial charge in [0.25, 0.3) is 0 Å². The Labute approximate surface area is 149 Å². The second-order valence-corrected chi connectivity index (χ2v) is 7.82. The van der Waals surface area contributed by atoms with Crippen LogP contribution >= 0.6 is 11.8 Å². The normalized spacial score (nSPS) is 27.4. The van der Waals surface area contributed by atoms with Crippen molar-refractivity contribution in [3.63, 3.8) is 0 Å². The Morgan fingerprint density at radius 1 is 1.44 bits per heavy atom. The number of aliphatic hydroxyl groups excluding tert-OH is 2. The number of anilines is 1. The molecule has 9 nitrogen and oxygen atoms in total. The summed E-state index contributed by atoms with van der Waals surface area (Å²) in [4.78, 5) is 27.4. The van der Waals surface area contributed by atoms with Crippen LogP contribution < -0.4 is 17.2 Å². The summed E-state index contributed by atoms with van der Waals surface area (Å²) in [6.07, 6.45) is -0.461. The number of nitrogens with two attached hydrogens (primary N) is 2. The number of aliphatic hydroxyl groups is 2. The van der Waals surface area contributed by atoms with Crippen LogP contribution in [0.3, 0.4) is 0 Å². The van der Waals surface area contributed by atoms with Crippen LogP contribution in [-0.2, 0) is 9.53 Å². The van der Waals surface area contributed by atoms with Crippen molar-refractivity contribution in [2.45, 2.75) is 49.1 Å². The van der Waals surface area contributed by atoms with E-state index in [1.807, 2.05) is 13.8 Å². The SMILES string of the molecule is CC(C)C[C@@H](N)C(=O)OC[C@H]1S[C@@H](n2ccc(N)nc2=O)C(O)C1O. The lowest BCUT2D eigenvalue weighted by atomic mass is 10.1. The highest BCUT2D eigenvalue weighted by atomic mass is 32.2. The van der Waals surface area contributed by atoms with E-state index in [4.69, 9.17) is 16.2 Å². The fraction of sp³-hybridized carbons (Fsp3) is 0.667. The highest BCUT2D eigenvalue weighted by Gasteiger charge is 2.44. The number of nitrogens with zero attached hydrogens (tertiary/aromatic N) is 2. The molecule has 1 fully saturated rings. The van der Waals surface area contributed by atoms with Gasteiger partial charge in [-0.1, -0.05) is 13.8 Å². The van der Waals surface area contributed by atoms with E-state index >= 15 is 0 Å². The Bertz CT molecular complexity index is 668. The van der Waals surface area contributed by atoms with Crippen molar-refractivity contribution >= 4 is 23.5 Å². The van der Waals surface area contributed by atoms with E-state index in [0.29, 0.717) is 6.42 Å². The highest BCUT2D eigenvalue weighted by molar-refractivity contribution is 8.00. The molecule has 10 heteroatoms. The van der Waals surface area contributed by atoms with Gasteiger partial charge in [0.15, 0.2) is 0 Å². The molecule has 2 rings (SSSR count). The fourth-order valence-corrected chi connectivity index (χ4v) is 4.03. The standard InChI is InChI=1S/C15H24N4O5S/c1-7(2)5-8(16)14(22)24-6-9-11(20)12(21)13(25-9)19-4-3-10(17)18-15(19)23/h3-4,7-9,11-13,20-21H,5-6,16H2,1-2H3,(H2,17,18,23)/t8-,9-,11?,12?,13-/m1/s1. The number of hydrogen-bond acceptors (Lipinski definition) is 9. The minimum absolute atomic E-state index is 0.0731. The van der Waals surface area contributed by atoms with Crippen LogP contribution in [0.1, 0.15) is 25.6 Å². The van der Waals surface area contributed by atoms with Gasteiger partial charge in [-0.15, -0.1) is 11.8 Å². The Hall–Kier alpha value is -1.62. The first kappa shape index (κ1) is 19.7. The molecule has 1 aliphatic rings. The summed E-state index contributed by atoms with van der Waals surface area (Å²) in [5, 5.41) is 19.1. The van der Waals surface area contributed by atoms with Crippen LogP contribution in [0.2, 0.25) is 0 Å². The summed E-state index contributed by atoms with van der Waals surface area (Å²) in [7, 11) is 0. The lowest BCUT2D eigenvalue weighted by Crippen LogP contribution is -2.38. The molecule has 5 atom stereocenters. The molecule has 1 aliphatic heterocycles. The van der Waals surface area contributed by atoms with Crippen LogP contribution in [0.15, 0.2) is 17.1 Å². The van der Waals surface area contributed by atoms with E-state index in [9.17, 15) is 19.8 Å². The number of hydrogen-bond donors (Lipinski definition) is 4. The molecule has 1 aromatic heterocycles. The third-order valence-corrected chi connectivity index (χ3v) is 5.43. The predicted octanol–water partition coefficient (Wildman–Crippen LogP) is -0.922. The third-order valence-electron chi connectivity index (χ3n) is 3.88. The smallest absolute Gasteiger partial charge is 0.350 e. The van der Waals surface area contributed by atoms with Crippen LogP contribution in [-0.4, -0.2) is 55.8 Å². The Balaban J connectivity index is 2.00. The van der Waals surface area contributed by atoms with E-state index in [1.54, 1.807) is 0 Å². The van der Waals surface area contributed by atoms with E-state index in [1.165, 1.54) is 16.8 Å². The first-order valence-corrected chi connectivity index (χ1v) is 8.93. The fourth-order valence-electron chi connectivity index (χ4n) is 2.59. The first-order chi connectivity index (χ1) is 11.7. The van der Waals surface area contributed by atoms with Gasteiger partial charge in [-0.25, -0.2) is 4.79 Å². The van der Waals surface area contributed by atoms with Gasteiger partial charge in [0.2, 0.25) is 0 Å². The molecular weight excluding hydrogens is 348 g/mol. The molecule has 0 aromatic carbocycles. The van der Waals surface area contributed by atoms with Gasteiger partial charge >= 0.3 is 11.7 Å². The zero-order valence-corrected chi connectivity index (χ0v) is 14.9.